The van der Waals surface area contributed by atoms with Crippen LogP contribution < -0.4 is 5.73 Å². The Bertz CT molecular complexity index is 344. The molecule has 17 heavy (non-hydrogen) atoms. The van der Waals surface area contributed by atoms with Crippen molar-refractivity contribution in [2.45, 2.75) is 31.9 Å². The van der Waals surface area contributed by atoms with Crippen molar-refractivity contribution in [1.29, 1.82) is 0 Å². The Hall–Kier alpha value is -1.49. The van der Waals surface area contributed by atoms with E-state index in [-0.39, 0.29) is 19.4 Å². The highest BCUT2D eigenvalue weighted by Gasteiger charge is 2.16. The second-order valence-electron chi connectivity index (χ2n) is 3.68. The van der Waals surface area contributed by atoms with Crippen molar-refractivity contribution in [3.05, 3.63) is 35.9 Å². The van der Waals surface area contributed by atoms with Crippen LogP contribution in [0.2, 0.25) is 0 Å². The van der Waals surface area contributed by atoms with Gasteiger partial charge in [-0.25, -0.2) is 8.78 Å². The van der Waals surface area contributed by atoms with Gasteiger partial charge < -0.3 is 10.5 Å². The fraction of sp³-hybridized carbons (Fsp3) is 0.417. The summed E-state index contributed by atoms with van der Waals surface area (Å²) in [6.45, 7) is 0.156. The van der Waals surface area contributed by atoms with Gasteiger partial charge in [-0.1, -0.05) is 30.3 Å². The van der Waals surface area contributed by atoms with Gasteiger partial charge in [-0.15, -0.1) is 0 Å². The molecule has 1 aromatic carbocycles. The Morgan fingerprint density at radius 2 is 1.94 bits per heavy atom. The second kappa shape index (κ2) is 6.96. The lowest BCUT2D eigenvalue weighted by molar-refractivity contribution is -0.145. The summed E-state index contributed by atoms with van der Waals surface area (Å²) in [5.41, 5.74) is 5.97. The standard InChI is InChI=1S/C12H15F2NO2/c13-12(14)10(15)6-7-11(16)17-8-9-4-2-1-3-5-9/h1-5,10,12H,6-8,15H2. The molecule has 1 atom stereocenters. The minimum absolute atomic E-state index is 0.0642. The predicted molar refractivity (Wildman–Crippen MR) is 59.5 cm³/mol. The maximum Gasteiger partial charge on any atom is 0.306 e. The van der Waals surface area contributed by atoms with Crippen molar-refractivity contribution < 1.29 is 18.3 Å². The highest BCUT2D eigenvalue weighted by Crippen LogP contribution is 2.07. The molecule has 0 amide bonds. The Labute approximate surface area is 98.6 Å². The molecule has 1 aromatic rings. The van der Waals surface area contributed by atoms with Gasteiger partial charge in [0, 0.05) is 6.42 Å². The molecule has 1 rings (SSSR count). The van der Waals surface area contributed by atoms with Gasteiger partial charge in [-0.2, -0.15) is 0 Å². The van der Waals surface area contributed by atoms with Gasteiger partial charge in [-0.05, 0) is 12.0 Å². The molecule has 0 fully saturated rings. The molecule has 0 aliphatic heterocycles. The third-order valence-corrected chi connectivity index (χ3v) is 2.25. The number of alkyl halides is 2. The molecule has 1 unspecified atom stereocenters. The van der Waals surface area contributed by atoms with E-state index in [1.54, 1.807) is 0 Å². The number of rotatable bonds is 6. The van der Waals surface area contributed by atoms with Crippen LogP contribution in [0.15, 0.2) is 30.3 Å². The lowest BCUT2D eigenvalue weighted by Crippen LogP contribution is -2.29. The van der Waals surface area contributed by atoms with Gasteiger partial charge in [0.05, 0.1) is 6.04 Å². The van der Waals surface area contributed by atoms with Gasteiger partial charge in [0.15, 0.2) is 0 Å². The van der Waals surface area contributed by atoms with Crippen LogP contribution >= 0.6 is 0 Å². The number of nitrogens with two attached hydrogens (primary N) is 1. The van der Waals surface area contributed by atoms with Gasteiger partial charge >= 0.3 is 5.97 Å². The molecule has 5 heteroatoms. The van der Waals surface area contributed by atoms with Crippen molar-refractivity contribution >= 4 is 5.97 Å². The summed E-state index contributed by atoms with van der Waals surface area (Å²) < 4.78 is 29.0. The molecule has 3 nitrogen and oxygen atoms in total. The Morgan fingerprint density at radius 3 is 2.53 bits per heavy atom. The number of hydrogen-bond acceptors (Lipinski definition) is 3. The van der Waals surface area contributed by atoms with Crippen LogP contribution in [0.3, 0.4) is 0 Å². The summed E-state index contributed by atoms with van der Waals surface area (Å²) in [6, 6.07) is 7.88. The number of hydrogen-bond donors (Lipinski definition) is 1. The van der Waals surface area contributed by atoms with Crippen molar-refractivity contribution in [3.63, 3.8) is 0 Å². The molecule has 0 aromatic heterocycles. The molecule has 0 aliphatic rings. The number of benzene rings is 1. The topological polar surface area (TPSA) is 52.3 Å². The molecule has 0 spiro atoms. The van der Waals surface area contributed by atoms with Gasteiger partial charge in [0.25, 0.3) is 6.43 Å². The first-order chi connectivity index (χ1) is 8.09. The third-order valence-electron chi connectivity index (χ3n) is 2.25. The fourth-order valence-electron chi connectivity index (χ4n) is 1.22. The van der Waals surface area contributed by atoms with E-state index >= 15 is 0 Å². The first-order valence-corrected chi connectivity index (χ1v) is 5.33. The molecule has 2 N–H and O–H groups in total. The van der Waals surface area contributed by atoms with Gasteiger partial charge in [0.2, 0.25) is 0 Å². The predicted octanol–water partition coefficient (Wildman–Crippen LogP) is 2.10. The second-order valence-corrected chi connectivity index (χ2v) is 3.68. The van der Waals surface area contributed by atoms with E-state index in [9.17, 15) is 13.6 Å². The first kappa shape index (κ1) is 13.6. The maximum atomic E-state index is 12.1. The summed E-state index contributed by atoms with van der Waals surface area (Å²) in [4.78, 5) is 11.2. The lowest BCUT2D eigenvalue weighted by atomic mass is 10.2. The number of halogens is 2. The van der Waals surface area contributed by atoms with Crippen LogP contribution in [-0.2, 0) is 16.1 Å². The van der Waals surface area contributed by atoms with Crippen LogP contribution in [0.4, 0.5) is 8.78 Å². The third kappa shape index (κ3) is 5.40. The highest BCUT2D eigenvalue weighted by atomic mass is 19.3. The number of ether oxygens (including phenoxy) is 1. The Balaban J connectivity index is 2.22. The minimum atomic E-state index is -2.60. The van der Waals surface area contributed by atoms with Crippen LogP contribution in [0.1, 0.15) is 18.4 Å². The average Bonchev–Trinajstić information content (AvgIpc) is 2.34. The molecule has 0 saturated heterocycles. The summed E-state index contributed by atoms with van der Waals surface area (Å²) in [5.74, 6) is -0.509. The van der Waals surface area contributed by atoms with Crippen LogP contribution in [-0.4, -0.2) is 18.4 Å². The molecule has 0 saturated carbocycles. The van der Waals surface area contributed by atoms with E-state index in [1.807, 2.05) is 30.3 Å². The molecule has 94 valence electrons. The zero-order valence-corrected chi connectivity index (χ0v) is 9.31. The minimum Gasteiger partial charge on any atom is -0.461 e. The largest absolute Gasteiger partial charge is 0.461 e. The Kier molecular flexibility index (Phi) is 5.56. The van der Waals surface area contributed by atoms with E-state index in [4.69, 9.17) is 10.5 Å². The Morgan fingerprint density at radius 1 is 1.29 bits per heavy atom. The smallest absolute Gasteiger partial charge is 0.306 e. The quantitative estimate of drug-likeness (QED) is 0.778. The van der Waals surface area contributed by atoms with Crippen LogP contribution in [0.25, 0.3) is 0 Å². The summed E-state index contributed by atoms with van der Waals surface area (Å²) in [7, 11) is 0. The van der Waals surface area contributed by atoms with Crippen molar-refractivity contribution in [3.8, 4) is 0 Å². The van der Waals surface area contributed by atoms with E-state index < -0.39 is 18.4 Å². The van der Waals surface area contributed by atoms with Gasteiger partial charge in [0.1, 0.15) is 6.61 Å². The molecular weight excluding hydrogens is 228 g/mol. The number of esters is 1. The molecule has 0 bridgehead atoms. The van der Waals surface area contributed by atoms with Gasteiger partial charge in [-0.3, -0.25) is 4.79 Å². The maximum absolute atomic E-state index is 12.1. The SMILES string of the molecule is NC(CCC(=O)OCc1ccccc1)C(F)F. The molecular formula is C12H15F2NO2. The highest BCUT2D eigenvalue weighted by molar-refractivity contribution is 5.69. The van der Waals surface area contributed by atoms with E-state index in [0.717, 1.165) is 5.56 Å². The normalized spacial score (nSPS) is 12.5. The monoisotopic (exact) mass is 243 g/mol. The molecule has 0 radical (unpaired) electrons. The summed E-state index contributed by atoms with van der Waals surface area (Å²) in [6.07, 6.45) is -2.75. The fourth-order valence-corrected chi connectivity index (χ4v) is 1.22. The summed E-state index contributed by atoms with van der Waals surface area (Å²) in [5, 5.41) is 0. The van der Waals surface area contributed by atoms with Crippen molar-refractivity contribution in [2.75, 3.05) is 0 Å². The number of carbonyl (C=O) groups is 1. The van der Waals surface area contributed by atoms with Crippen LogP contribution in [0.5, 0.6) is 0 Å². The van der Waals surface area contributed by atoms with E-state index in [0.29, 0.717) is 0 Å². The number of carbonyl (C=O) groups excluding carboxylic acids is 1. The molecule has 0 aliphatic carbocycles. The zero-order chi connectivity index (χ0) is 12.7. The van der Waals surface area contributed by atoms with E-state index in [1.165, 1.54) is 0 Å². The van der Waals surface area contributed by atoms with Crippen molar-refractivity contribution in [2.24, 2.45) is 5.73 Å². The van der Waals surface area contributed by atoms with Crippen LogP contribution in [0, 0.1) is 0 Å². The lowest BCUT2D eigenvalue weighted by Gasteiger charge is -2.09. The zero-order valence-electron chi connectivity index (χ0n) is 9.31. The van der Waals surface area contributed by atoms with E-state index in [2.05, 4.69) is 0 Å². The van der Waals surface area contributed by atoms with Crippen molar-refractivity contribution in [1.82, 2.24) is 0 Å². The average molecular weight is 243 g/mol. The summed E-state index contributed by atoms with van der Waals surface area (Å²) >= 11 is 0. The molecule has 0 heterocycles. The first-order valence-electron chi connectivity index (χ1n) is 5.33.